The summed E-state index contributed by atoms with van der Waals surface area (Å²) in [4.78, 5) is 0. The van der Waals surface area contributed by atoms with E-state index in [0.717, 1.165) is 42.6 Å². The largest absolute Gasteiger partial charge is 0.384 e. The number of nitrogens with zero attached hydrogens (tertiary/aromatic N) is 1. The molecular formula is C21H29N3. The molecule has 2 saturated carbocycles. The van der Waals surface area contributed by atoms with Crippen LogP contribution in [0.2, 0.25) is 0 Å². The Labute approximate surface area is 145 Å². The molecule has 2 fully saturated rings. The third kappa shape index (κ3) is 3.09. The smallest absolute Gasteiger partial charge is 0.122 e. The van der Waals surface area contributed by atoms with Crippen LogP contribution >= 0.6 is 0 Å². The van der Waals surface area contributed by atoms with Crippen molar-refractivity contribution in [1.29, 1.82) is 0 Å². The number of nitrogens with two attached hydrogens (primary N) is 1. The summed E-state index contributed by atoms with van der Waals surface area (Å²) in [6.07, 6.45) is 10.7. The average Bonchev–Trinajstić information content (AvgIpc) is 3.48. The van der Waals surface area contributed by atoms with Crippen molar-refractivity contribution in [3.05, 3.63) is 46.1 Å². The topological polar surface area (TPSA) is 54.7 Å². The first-order valence-electron chi connectivity index (χ1n) is 9.60. The Morgan fingerprint density at radius 2 is 1.75 bits per heavy atom. The molecule has 1 aromatic carbocycles. The van der Waals surface area contributed by atoms with Crippen LogP contribution in [0.4, 0.5) is 5.82 Å². The van der Waals surface area contributed by atoms with Crippen molar-refractivity contribution in [2.45, 2.75) is 58.8 Å². The van der Waals surface area contributed by atoms with Gasteiger partial charge >= 0.3 is 0 Å². The van der Waals surface area contributed by atoms with Crippen LogP contribution in [-0.2, 0) is 25.7 Å². The Morgan fingerprint density at radius 1 is 1.04 bits per heavy atom. The van der Waals surface area contributed by atoms with Crippen LogP contribution in [0.3, 0.4) is 0 Å². The minimum Gasteiger partial charge on any atom is -0.384 e. The second-order valence-corrected chi connectivity index (χ2v) is 7.78. The molecule has 0 bridgehead atoms. The lowest BCUT2D eigenvalue weighted by Crippen LogP contribution is -2.04. The van der Waals surface area contributed by atoms with Crippen molar-refractivity contribution < 1.29 is 0 Å². The highest BCUT2D eigenvalue weighted by Gasteiger charge is 2.47. The molecule has 0 aliphatic heterocycles. The van der Waals surface area contributed by atoms with Crippen LogP contribution in [0.25, 0.3) is 0 Å². The number of benzene rings is 1. The first-order valence-corrected chi connectivity index (χ1v) is 9.60. The van der Waals surface area contributed by atoms with Gasteiger partial charge in [0.05, 0.1) is 6.20 Å². The first-order chi connectivity index (χ1) is 11.7. The van der Waals surface area contributed by atoms with Gasteiger partial charge in [0.1, 0.15) is 5.82 Å². The molecule has 3 nitrogen and oxygen atoms in total. The normalized spacial score (nSPS) is 22.8. The van der Waals surface area contributed by atoms with E-state index < -0.39 is 0 Å². The molecule has 0 spiro atoms. The molecule has 24 heavy (non-hydrogen) atoms. The summed E-state index contributed by atoms with van der Waals surface area (Å²) in [5.41, 5.74) is 13.2. The zero-order valence-corrected chi connectivity index (χ0v) is 14.9. The van der Waals surface area contributed by atoms with E-state index in [-0.39, 0.29) is 0 Å². The Morgan fingerprint density at radius 3 is 2.33 bits per heavy atom. The van der Waals surface area contributed by atoms with Crippen LogP contribution in [0.15, 0.2) is 18.3 Å². The van der Waals surface area contributed by atoms with E-state index in [1.807, 2.05) is 6.20 Å². The number of anilines is 1. The van der Waals surface area contributed by atoms with Gasteiger partial charge in [-0.3, -0.25) is 5.10 Å². The molecule has 1 heterocycles. The van der Waals surface area contributed by atoms with E-state index in [1.165, 1.54) is 42.4 Å². The predicted octanol–water partition coefficient (Wildman–Crippen LogP) is 4.30. The molecule has 2 atom stereocenters. The predicted molar refractivity (Wildman–Crippen MR) is 99.0 cm³/mol. The number of hydrogen-bond donors (Lipinski definition) is 2. The molecule has 2 aliphatic rings. The van der Waals surface area contributed by atoms with Gasteiger partial charge in [0, 0.05) is 12.0 Å². The van der Waals surface area contributed by atoms with Crippen molar-refractivity contribution in [1.82, 2.24) is 10.2 Å². The zero-order chi connectivity index (χ0) is 16.7. The number of nitrogen functional groups attached to an aromatic ring is 1. The quantitative estimate of drug-likeness (QED) is 0.798. The molecule has 2 aromatic rings. The van der Waals surface area contributed by atoms with Crippen LogP contribution in [0.5, 0.6) is 0 Å². The van der Waals surface area contributed by atoms with Gasteiger partial charge in [-0.25, -0.2) is 0 Å². The number of H-pyrrole nitrogens is 1. The summed E-state index contributed by atoms with van der Waals surface area (Å²) >= 11 is 0. The monoisotopic (exact) mass is 323 g/mol. The second-order valence-electron chi connectivity index (χ2n) is 7.78. The summed E-state index contributed by atoms with van der Waals surface area (Å²) in [5, 5.41) is 6.96. The molecule has 2 aliphatic carbocycles. The molecule has 4 rings (SSSR count). The van der Waals surface area contributed by atoms with Crippen LogP contribution in [0, 0.1) is 17.8 Å². The lowest BCUT2D eigenvalue weighted by Gasteiger charge is -2.15. The Bertz CT molecular complexity index is 727. The summed E-state index contributed by atoms with van der Waals surface area (Å²) in [6.45, 7) is 4.53. The number of hydrogen-bond acceptors (Lipinski definition) is 2. The highest BCUT2D eigenvalue weighted by atomic mass is 15.1. The molecular weight excluding hydrogens is 294 g/mol. The molecule has 0 amide bonds. The third-order valence-electron chi connectivity index (χ3n) is 6.10. The molecule has 3 N–H and O–H groups in total. The van der Waals surface area contributed by atoms with E-state index >= 15 is 0 Å². The van der Waals surface area contributed by atoms with E-state index in [2.05, 4.69) is 36.2 Å². The van der Waals surface area contributed by atoms with Crippen molar-refractivity contribution >= 4 is 5.82 Å². The highest BCUT2D eigenvalue weighted by molar-refractivity contribution is 5.46. The van der Waals surface area contributed by atoms with E-state index in [1.54, 1.807) is 5.56 Å². The molecule has 3 heteroatoms. The molecule has 1 aromatic heterocycles. The Kier molecular flexibility index (Phi) is 4.11. The van der Waals surface area contributed by atoms with E-state index in [4.69, 9.17) is 5.73 Å². The fraction of sp³-hybridized carbons (Fsp3) is 0.571. The van der Waals surface area contributed by atoms with E-state index in [9.17, 15) is 0 Å². The summed E-state index contributed by atoms with van der Waals surface area (Å²) < 4.78 is 0. The summed E-state index contributed by atoms with van der Waals surface area (Å²) in [5.74, 6) is 3.72. The fourth-order valence-electron chi connectivity index (χ4n) is 4.36. The Hall–Kier alpha value is -1.77. The lowest BCUT2D eigenvalue weighted by molar-refractivity contribution is 0.624. The Balaban J connectivity index is 1.62. The van der Waals surface area contributed by atoms with E-state index in [0.29, 0.717) is 5.82 Å². The van der Waals surface area contributed by atoms with Crippen LogP contribution in [0.1, 0.15) is 60.9 Å². The maximum atomic E-state index is 6.03. The fourth-order valence-corrected chi connectivity index (χ4v) is 4.36. The van der Waals surface area contributed by atoms with Gasteiger partial charge in [0.15, 0.2) is 0 Å². The van der Waals surface area contributed by atoms with Gasteiger partial charge < -0.3 is 5.73 Å². The van der Waals surface area contributed by atoms with Crippen molar-refractivity contribution in [3.63, 3.8) is 0 Å². The zero-order valence-electron chi connectivity index (χ0n) is 14.9. The maximum absolute atomic E-state index is 6.03. The second kappa shape index (κ2) is 6.27. The van der Waals surface area contributed by atoms with Gasteiger partial charge in [-0.15, -0.1) is 0 Å². The number of nitrogens with one attached hydrogen (secondary N) is 1. The number of rotatable bonds is 7. The van der Waals surface area contributed by atoms with Crippen LogP contribution in [-0.4, -0.2) is 10.2 Å². The molecule has 0 radical (unpaired) electrons. The van der Waals surface area contributed by atoms with Gasteiger partial charge in [-0.05, 0) is 78.5 Å². The first kappa shape index (κ1) is 15.7. The van der Waals surface area contributed by atoms with Gasteiger partial charge in [-0.2, -0.15) is 5.10 Å². The SMILES string of the molecule is CCc1cc(Cc2cn[nH]c2N)c(CC2CC2C2CC2)cc1CC. The molecule has 0 saturated heterocycles. The summed E-state index contributed by atoms with van der Waals surface area (Å²) in [7, 11) is 0. The minimum atomic E-state index is 0.709. The van der Waals surface area contributed by atoms with Gasteiger partial charge in [0.25, 0.3) is 0 Å². The summed E-state index contributed by atoms with van der Waals surface area (Å²) in [6, 6.07) is 4.93. The van der Waals surface area contributed by atoms with Crippen molar-refractivity contribution in [2.75, 3.05) is 5.73 Å². The molecule has 128 valence electrons. The van der Waals surface area contributed by atoms with Crippen LogP contribution < -0.4 is 5.73 Å². The lowest BCUT2D eigenvalue weighted by atomic mass is 9.90. The number of aromatic amines is 1. The number of aromatic nitrogens is 2. The number of aryl methyl sites for hydroxylation is 2. The van der Waals surface area contributed by atoms with Gasteiger partial charge in [-0.1, -0.05) is 26.0 Å². The minimum absolute atomic E-state index is 0.709. The van der Waals surface area contributed by atoms with Crippen molar-refractivity contribution in [3.8, 4) is 0 Å². The standard InChI is InChI=1S/C21H29N3/c1-3-13-7-16(9-18-11-20(18)15-5-6-15)17(8-14(13)4-2)10-19-12-23-24-21(19)22/h7-8,12,15,18,20H,3-6,9-11H2,1-2H3,(H3,22,23,24). The third-order valence-corrected chi connectivity index (χ3v) is 6.10. The van der Waals surface area contributed by atoms with Gasteiger partial charge in [0.2, 0.25) is 0 Å². The average molecular weight is 323 g/mol. The maximum Gasteiger partial charge on any atom is 0.122 e. The van der Waals surface area contributed by atoms with Crippen molar-refractivity contribution in [2.24, 2.45) is 17.8 Å². The molecule has 2 unspecified atom stereocenters. The highest BCUT2D eigenvalue weighted by Crippen LogP contribution is 2.55.